The van der Waals surface area contributed by atoms with E-state index in [1.807, 2.05) is 31.2 Å². The van der Waals surface area contributed by atoms with Crippen LogP contribution in [0.15, 0.2) is 48.5 Å². The second-order valence-corrected chi connectivity index (χ2v) is 5.95. The molecular weight excluding hydrogens is 316 g/mol. The Labute approximate surface area is 139 Å². The Morgan fingerprint density at radius 3 is 2.22 bits per heavy atom. The maximum atomic E-state index is 12.4. The first-order chi connectivity index (χ1) is 10.9. The highest BCUT2D eigenvalue weighted by Crippen LogP contribution is 2.21. The van der Waals surface area contributed by atoms with Crippen LogP contribution in [0, 0.1) is 17.0 Å². The van der Waals surface area contributed by atoms with Crippen LogP contribution < -0.4 is 4.90 Å². The summed E-state index contributed by atoms with van der Waals surface area (Å²) < 4.78 is 0. The largest absolute Gasteiger partial charge is 0.307 e. The van der Waals surface area contributed by atoms with E-state index in [9.17, 15) is 14.9 Å². The average molecular weight is 333 g/mol. The van der Waals surface area contributed by atoms with Crippen molar-refractivity contribution in [2.45, 2.75) is 25.8 Å². The number of carbonyl (C=O) groups excluding carboxylic acids is 1. The average Bonchev–Trinajstić information content (AvgIpc) is 2.53. The molecular formula is C17H17ClN2O3. The monoisotopic (exact) mass is 332 g/mol. The second-order valence-electron chi connectivity index (χ2n) is 5.30. The van der Waals surface area contributed by atoms with Crippen molar-refractivity contribution in [1.82, 2.24) is 0 Å². The first-order valence-electron chi connectivity index (χ1n) is 7.14. The van der Waals surface area contributed by atoms with Crippen LogP contribution in [0.2, 0.25) is 0 Å². The molecule has 0 aliphatic carbocycles. The molecule has 0 saturated carbocycles. The molecule has 0 unspecified atom stereocenters. The van der Waals surface area contributed by atoms with E-state index in [1.54, 1.807) is 24.0 Å². The lowest BCUT2D eigenvalue weighted by molar-refractivity contribution is -0.384. The van der Waals surface area contributed by atoms with Gasteiger partial charge in [0.2, 0.25) is 5.91 Å². The van der Waals surface area contributed by atoms with Gasteiger partial charge in [-0.1, -0.05) is 29.8 Å². The number of anilines is 1. The predicted octanol–water partition coefficient (Wildman–Crippen LogP) is 4.06. The number of halogens is 1. The molecule has 1 atom stereocenters. The normalized spacial score (nSPS) is 11.8. The topological polar surface area (TPSA) is 63.4 Å². The van der Waals surface area contributed by atoms with Crippen molar-refractivity contribution in [1.29, 1.82) is 0 Å². The molecule has 2 aromatic carbocycles. The van der Waals surface area contributed by atoms with Crippen molar-refractivity contribution in [2.75, 3.05) is 4.90 Å². The summed E-state index contributed by atoms with van der Waals surface area (Å²) in [7, 11) is 0. The van der Waals surface area contributed by atoms with E-state index in [2.05, 4.69) is 0 Å². The molecule has 0 saturated heterocycles. The first-order valence-corrected chi connectivity index (χ1v) is 7.57. The number of nitro groups is 1. The molecule has 2 aromatic rings. The minimum atomic E-state index is -0.658. The van der Waals surface area contributed by atoms with E-state index in [-0.39, 0.29) is 11.6 Å². The molecule has 0 spiro atoms. The molecule has 0 heterocycles. The molecule has 0 aromatic heterocycles. The van der Waals surface area contributed by atoms with Crippen molar-refractivity contribution in [2.24, 2.45) is 0 Å². The van der Waals surface area contributed by atoms with E-state index in [0.717, 1.165) is 16.8 Å². The van der Waals surface area contributed by atoms with Gasteiger partial charge in [-0.2, -0.15) is 0 Å². The number of nitro benzene ring substituents is 1. The minimum absolute atomic E-state index is 0.0210. The van der Waals surface area contributed by atoms with Gasteiger partial charge < -0.3 is 4.90 Å². The van der Waals surface area contributed by atoms with Crippen molar-refractivity contribution in [3.63, 3.8) is 0 Å². The molecule has 1 amide bonds. The van der Waals surface area contributed by atoms with Gasteiger partial charge in [0.05, 0.1) is 11.5 Å². The number of hydrogen-bond donors (Lipinski definition) is 0. The quantitative estimate of drug-likeness (QED) is 0.471. The van der Waals surface area contributed by atoms with Gasteiger partial charge in [-0.15, -0.1) is 11.6 Å². The molecule has 0 aliphatic rings. The molecule has 2 rings (SSSR count). The fourth-order valence-electron chi connectivity index (χ4n) is 2.14. The molecule has 0 radical (unpaired) electrons. The van der Waals surface area contributed by atoms with Gasteiger partial charge in [-0.3, -0.25) is 14.9 Å². The highest BCUT2D eigenvalue weighted by molar-refractivity contribution is 6.32. The fraction of sp³-hybridized carbons (Fsp3) is 0.235. The molecule has 0 fully saturated rings. The SMILES string of the molecule is Cc1ccc(N(Cc2ccc([N+](=O)[O-])cc2)C(=O)[C@H](C)Cl)cc1. The smallest absolute Gasteiger partial charge is 0.269 e. The zero-order chi connectivity index (χ0) is 17.0. The fourth-order valence-corrected chi connectivity index (χ4v) is 2.26. The van der Waals surface area contributed by atoms with Gasteiger partial charge in [0.25, 0.3) is 5.69 Å². The molecule has 0 bridgehead atoms. The lowest BCUT2D eigenvalue weighted by Crippen LogP contribution is -2.35. The Balaban J connectivity index is 2.29. The summed E-state index contributed by atoms with van der Waals surface area (Å²) in [6.45, 7) is 3.90. The highest BCUT2D eigenvalue weighted by atomic mass is 35.5. The summed E-state index contributed by atoms with van der Waals surface area (Å²) >= 11 is 5.96. The van der Waals surface area contributed by atoms with Gasteiger partial charge in [0.15, 0.2) is 0 Å². The summed E-state index contributed by atoms with van der Waals surface area (Å²) in [6.07, 6.45) is 0. The van der Waals surface area contributed by atoms with E-state index in [1.165, 1.54) is 12.1 Å². The van der Waals surface area contributed by atoms with Crippen LogP contribution in [0.3, 0.4) is 0 Å². The van der Waals surface area contributed by atoms with Crippen LogP contribution >= 0.6 is 11.6 Å². The number of alkyl halides is 1. The third-order valence-electron chi connectivity index (χ3n) is 3.44. The number of nitrogens with zero attached hydrogens (tertiary/aromatic N) is 2. The van der Waals surface area contributed by atoms with Gasteiger partial charge in [0, 0.05) is 17.8 Å². The molecule has 23 heavy (non-hydrogen) atoms. The van der Waals surface area contributed by atoms with Crippen LogP contribution in [0.1, 0.15) is 18.1 Å². The Bertz CT molecular complexity index is 697. The lowest BCUT2D eigenvalue weighted by Gasteiger charge is -2.24. The third kappa shape index (κ3) is 4.29. The number of benzene rings is 2. The molecule has 5 nitrogen and oxygen atoms in total. The van der Waals surface area contributed by atoms with Gasteiger partial charge >= 0.3 is 0 Å². The van der Waals surface area contributed by atoms with E-state index < -0.39 is 10.3 Å². The van der Waals surface area contributed by atoms with Gasteiger partial charge in [0.1, 0.15) is 5.38 Å². The van der Waals surface area contributed by atoms with Crippen LogP contribution in [0.5, 0.6) is 0 Å². The van der Waals surface area contributed by atoms with Crippen LogP contribution in [-0.4, -0.2) is 16.2 Å². The summed E-state index contributed by atoms with van der Waals surface area (Å²) in [5.41, 5.74) is 2.65. The summed E-state index contributed by atoms with van der Waals surface area (Å²) in [4.78, 5) is 24.2. The zero-order valence-electron chi connectivity index (χ0n) is 12.9. The van der Waals surface area contributed by atoms with Crippen molar-refractivity contribution in [3.05, 3.63) is 69.8 Å². The number of carbonyl (C=O) groups is 1. The van der Waals surface area contributed by atoms with Crippen molar-refractivity contribution < 1.29 is 9.72 Å². The molecule has 6 heteroatoms. The maximum absolute atomic E-state index is 12.4. The van der Waals surface area contributed by atoms with Crippen molar-refractivity contribution >= 4 is 28.9 Å². The highest BCUT2D eigenvalue weighted by Gasteiger charge is 2.20. The summed E-state index contributed by atoms with van der Waals surface area (Å²) in [5, 5.41) is 10.1. The standard InChI is InChI=1S/C17H17ClN2O3/c1-12-3-7-15(8-4-12)19(17(21)13(2)18)11-14-5-9-16(10-6-14)20(22)23/h3-10,13H,11H2,1-2H3/t13-/m0/s1. The number of non-ortho nitro benzene ring substituents is 1. The van der Waals surface area contributed by atoms with Gasteiger partial charge in [-0.25, -0.2) is 0 Å². The predicted molar refractivity (Wildman–Crippen MR) is 90.8 cm³/mol. The van der Waals surface area contributed by atoms with Gasteiger partial charge in [-0.05, 0) is 31.5 Å². The van der Waals surface area contributed by atoms with E-state index >= 15 is 0 Å². The second kappa shape index (κ2) is 7.24. The summed E-state index contributed by atoms with van der Waals surface area (Å²) in [6, 6.07) is 13.7. The van der Waals surface area contributed by atoms with E-state index in [4.69, 9.17) is 11.6 Å². The first kappa shape index (κ1) is 17.0. The lowest BCUT2D eigenvalue weighted by atomic mass is 10.1. The number of hydrogen-bond acceptors (Lipinski definition) is 3. The molecule has 0 N–H and O–H groups in total. The third-order valence-corrected chi connectivity index (χ3v) is 3.63. The van der Waals surface area contributed by atoms with Crippen LogP contribution in [0.4, 0.5) is 11.4 Å². The van der Waals surface area contributed by atoms with E-state index in [0.29, 0.717) is 6.54 Å². The molecule has 0 aliphatic heterocycles. The van der Waals surface area contributed by atoms with Crippen molar-refractivity contribution in [3.8, 4) is 0 Å². The summed E-state index contributed by atoms with van der Waals surface area (Å²) in [5.74, 6) is -0.214. The van der Waals surface area contributed by atoms with Crippen LogP contribution in [0.25, 0.3) is 0 Å². The number of amides is 1. The zero-order valence-corrected chi connectivity index (χ0v) is 13.7. The Hall–Kier alpha value is -2.40. The Morgan fingerprint density at radius 1 is 1.17 bits per heavy atom. The number of rotatable bonds is 5. The Morgan fingerprint density at radius 2 is 1.74 bits per heavy atom. The molecule has 120 valence electrons. The number of aryl methyl sites for hydroxylation is 1. The Kier molecular flexibility index (Phi) is 5.34. The van der Waals surface area contributed by atoms with Crippen LogP contribution in [-0.2, 0) is 11.3 Å². The minimum Gasteiger partial charge on any atom is -0.307 e. The maximum Gasteiger partial charge on any atom is 0.269 e.